The summed E-state index contributed by atoms with van der Waals surface area (Å²) in [5.74, 6) is 1.09. The topological polar surface area (TPSA) is 44.8 Å². The van der Waals surface area contributed by atoms with E-state index in [4.69, 9.17) is 9.97 Å². The van der Waals surface area contributed by atoms with E-state index < -0.39 is 0 Å². The first-order chi connectivity index (χ1) is 11.8. The van der Waals surface area contributed by atoms with E-state index in [1.54, 1.807) is 0 Å². The molecule has 1 fully saturated rings. The minimum atomic E-state index is 0.336. The molecule has 0 radical (unpaired) electrons. The smallest absolute Gasteiger partial charge is 0.124 e. The highest BCUT2D eigenvalue weighted by molar-refractivity contribution is 5.74. The van der Waals surface area contributed by atoms with E-state index in [0.29, 0.717) is 12.1 Å². The molecule has 1 saturated heterocycles. The second-order valence-corrected chi connectivity index (χ2v) is 6.64. The molecule has 4 rings (SSSR count). The van der Waals surface area contributed by atoms with Gasteiger partial charge in [0.25, 0.3) is 0 Å². The molecule has 1 N–H and O–H groups in total. The first kappa shape index (κ1) is 15.3. The number of H-pyrrole nitrogens is 1. The molecule has 124 valence electrons. The maximum Gasteiger partial charge on any atom is 0.124 e. The Morgan fingerprint density at radius 3 is 2.75 bits per heavy atom. The number of benzene rings is 1. The van der Waals surface area contributed by atoms with Crippen LogP contribution in [-0.4, -0.2) is 26.4 Å². The minimum absolute atomic E-state index is 0.336. The predicted molar refractivity (Wildman–Crippen MR) is 96.8 cm³/mol. The minimum Gasteiger partial charge on any atom is -0.341 e. The average molecular weight is 320 g/mol. The lowest BCUT2D eigenvalue weighted by atomic mass is 9.91. The summed E-state index contributed by atoms with van der Waals surface area (Å²) in [6.07, 6.45) is 5.44. The van der Waals surface area contributed by atoms with Crippen molar-refractivity contribution in [2.24, 2.45) is 0 Å². The summed E-state index contributed by atoms with van der Waals surface area (Å²) < 4.78 is 0. The van der Waals surface area contributed by atoms with Crippen LogP contribution >= 0.6 is 0 Å². The first-order valence-electron chi connectivity index (χ1n) is 8.90. The summed E-state index contributed by atoms with van der Waals surface area (Å²) >= 11 is 0. The van der Waals surface area contributed by atoms with Crippen LogP contribution in [0.4, 0.5) is 0 Å². The number of hydrogen-bond acceptors (Lipinski definition) is 3. The molecule has 0 bridgehead atoms. The van der Waals surface area contributed by atoms with Crippen LogP contribution in [0.15, 0.2) is 42.6 Å². The average Bonchev–Trinajstić information content (AvgIpc) is 3.05. The second-order valence-electron chi connectivity index (χ2n) is 6.64. The van der Waals surface area contributed by atoms with Crippen LogP contribution in [0.5, 0.6) is 0 Å². The molecule has 0 spiro atoms. The van der Waals surface area contributed by atoms with Gasteiger partial charge in [0.2, 0.25) is 0 Å². The largest absolute Gasteiger partial charge is 0.341 e. The molecule has 3 heterocycles. The summed E-state index contributed by atoms with van der Waals surface area (Å²) in [6.45, 7) is 5.41. The lowest BCUT2D eigenvalue weighted by Crippen LogP contribution is -2.37. The quantitative estimate of drug-likeness (QED) is 0.769. The van der Waals surface area contributed by atoms with E-state index in [1.807, 2.05) is 18.3 Å². The van der Waals surface area contributed by atoms with Crippen molar-refractivity contribution in [3.05, 3.63) is 59.7 Å². The molecule has 2 aromatic heterocycles. The third-order valence-electron chi connectivity index (χ3n) is 5.21. The van der Waals surface area contributed by atoms with Crippen molar-refractivity contribution >= 4 is 11.0 Å². The van der Waals surface area contributed by atoms with E-state index >= 15 is 0 Å². The number of fused-ring (bicyclic) bond motifs is 1. The van der Waals surface area contributed by atoms with Gasteiger partial charge in [-0.1, -0.05) is 25.1 Å². The standard InChI is InChI=1S/C20H24N4/c1-3-24-17(19-14(2)8-7-13-21-19)11-6-12-18(24)20-22-15-9-4-5-10-16(15)23-20/h4-5,7-10,13,17-18H,3,6,11-12H2,1-2H3,(H,22,23)/t17-,18+/m0/s1. The van der Waals surface area contributed by atoms with Crippen molar-refractivity contribution in [2.75, 3.05) is 6.54 Å². The molecule has 1 aliphatic rings. The zero-order valence-corrected chi connectivity index (χ0v) is 14.4. The van der Waals surface area contributed by atoms with Gasteiger partial charge in [0, 0.05) is 6.20 Å². The van der Waals surface area contributed by atoms with Crippen LogP contribution in [0.25, 0.3) is 11.0 Å². The van der Waals surface area contributed by atoms with Gasteiger partial charge in [-0.25, -0.2) is 4.98 Å². The summed E-state index contributed by atoms with van der Waals surface area (Å²) in [5, 5.41) is 0. The molecule has 24 heavy (non-hydrogen) atoms. The van der Waals surface area contributed by atoms with Gasteiger partial charge in [-0.15, -0.1) is 0 Å². The Morgan fingerprint density at radius 1 is 1.12 bits per heavy atom. The molecule has 1 aliphatic heterocycles. The summed E-state index contributed by atoms with van der Waals surface area (Å²) in [4.78, 5) is 15.7. The van der Waals surface area contributed by atoms with E-state index in [0.717, 1.165) is 29.8 Å². The van der Waals surface area contributed by atoms with Crippen molar-refractivity contribution in [1.29, 1.82) is 0 Å². The van der Waals surface area contributed by atoms with E-state index in [-0.39, 0.29) is 0 Å². The molecular weight excluding hydrogens is 296 g/mol. The zero-order chi connectivity index (χ0) is 16.5. The Kier molecular flexibility index (Phi) is 4.07. The van der Waals surface area contributed by atoms with Gasteiger partial charge < -0.3 is 4.98 Å². The monoisotopic (exact) mass is 320 g/mol. The molecule has 4 heteroatoms. The molecule has 0 saturated carbocycles. The number of nitrogens with one attached hydrogen (secondary N) is 1. The molecule has 0 amide bonds. The molecule has 4 nitrogen and oxygen atoms in total. The Hall–Kier alpha value is -2.20. The second kappa shape index (κ2) is 6.36. The van der Waals surface area contributed by atoms with Crippen LogP contribution in [0.1, 0.15) is 55.4 Å². The predicted octanol–water partition coefficient (Wildman–Crippen LogP) is 4.55. The number of pyridine rings is 1. The summed E-state index contributed by atoms with van der Waals surface area (Å²) in [6, 6.07) is 13.2. The van der Waals surface area contributed by atoms with Gasteiger partial charge in [0.15, 0.2) is 0 Å². The molecular formula is C20H24N4. The Morgan fingerprint density at radius 2 is 1.96 bits per heavy atom. The highest BCUT2D eigenvalue weighted by Crippen LogP contribution is 2.41. The zero-order valence-electron chi connectivity index (χ0n) is 14.4. The van der Waals surface area contributed by atoms with Crippen LogP contribution < -0.4 is 0 Å². The molecule has 0 aliphatic carbocycles. The maximum absolute atomic E-state index is 4.87. The van der Waals surface area contributed by atoms with Gasteiger partial charge in [-0.2, -0.15) is 0 Å². The number of hydrogen-bond donors (Lipinski definition) is 1. The first-order valence-corrected chi connectivity index (χ1v) is 8.90. The van der Waals surface area contributed by atoms with Crippen molar-refractivity contribution in [3.63, 3.8) is 0 Å². The highest BCUT2D eigenvalue weighted by Gasteiger charge is 2.34. The number of rotatable bonds is 3. The summed E-state index contributed by atoms with van der Waals surface area (Å²) in [7, 11) is 0. The number of aromatic amines is 1. The number of likely N-dealkylation sites (tertiary alicyclic amines) is 1. The van der Waals surface area contributed by atoms with Crippen LogP contribution in [0, 0.1) is 6.92 Å². The van der Waals surface area contributed by atoms with Crippen molar-refractivity contribution < 1.29 is 0 Å². The van der Waals surface area contributed by atoms with Crippen LogP contribution in [-0.2, 0) is 0 Å². The van der Waals surface area contributed by atoms with Crippen molar-refractivity contribution in [3.8, 4) is 0 Å². The molecule has 0 unspecified atom stereocenters. The van der Waals surface area contributed by atoms with Gasteiger partial charge in [0.1, 0.15) is 5.82 Å². The normalized spacial score (nSPS) is 22.1. The van der Waals surface area contributed by atoms with E-state index in [1.165, 1.54) is 24.1 Å². The fraction of sp³-hybridized carbons (Fsp3) is 0.400. The number of imidazole rings is 1. The number of nitrogens with zero attached hydrogens (tertiary/aromatic N) is 3. The van der Waals surface area contributed by atoms with Crippen molar-refractivity contribution in [1.82, 2.24) is 19.9 Å². The lowest BCUT2D eigenvalue weighted by Gasteiger charge is -2.40. The van der Waals surface area contributed by atoms with Gasteiger partial charge in [0.05, 0.1) is 28.8 Å². The van der Waals surface area contributed by atoms with E-state index in [9.17, 15) is 0 Å². The molecule has 2 atom stereocenters. The Labute approximate surface area is 142 Å². The van der Waals surface area contributed by atoms with Gasteiger partial charge in [-0.3, -0.25) is 9.88 Å². The van der Waals surface area contributed by atoms with Gasteiger partial charge in [-0.05, 0) is 56.5 Å². The van der Waals surface area contributed by atoms with Crippen molar-refractivity contribution in [2.45, 2.75) is 45.2 Å². The Bertz CT molecular complexity index is 805. The SMILES string of the molecule is CCN1[C@@H](c2nc3ccccc3[nH]2)CCC[C@H]1c1ncccc1C. The van der Waals surface area contributed by atoms with E-state index in [2.05, 4.69) is 48.0 Å². The maximum atomic E-state index is 4.87. The fourth-order valence-corrected chi connectivity index (χ4v) is 4.06. The van der Waals surface area contributed by atoms with Crippen LogP contribution in [0.3, 0.4) is 0 Å². The third-order valence-corrected chi connectivity index (χ3v) is 5.21. The molecule has 1 aromatic carbocycles. The highest BCUT2D eigenvalue weighted by atomic mass is 15.2. The van der Waals surface area contributed by atoms with Crippen LogP contribution in [0.2, 0.25) is 0 Å². The number of piperidine rings is 1. The van der Waals surface area contributed by atoms with Gasteiger partial charge >= 0.3 is 0 Å². The molecule has 3 aromatic rings. The summed E-state index contributed by atoms with van der Waals surface area (Å²) in [5.41, 5.74) is 4.69. The third kappa shape index (κ3) is 2.61. The fourth-order valence-electron chi connectivity index (χ4n) is 4.06. The number of para-hydroxylation sites is 2. The number of aromatic nitrogens is 3. The Balaban J connectivity index is 1.71. The number of aryl methyl sites for hydroxylation is 1. The lowest BCUT2D eigenvalue weighted by molar-refractivity contribution is 0.0811.